The normalized spacial score (nSPS) is 18.4. The van der Waals surface area contributed by atoms with Gasteiger partial charge in [-0.05, 0) is 48.5 Å². The first kappa shape index (κ1) is 54.8. The molecular weight excluding hydrogens is 989 g/mol. The highest BCUT2D eigenvalue weighted by Gasteiger charge is 2.27. The topological polar surface area (TPSA) is 344 Å². The quantitative estimate of drug-likeness (QED) is 0.0986. The molecule has 0 saturated heterocycles. The van der Waals surface area contributed by atoms with Gasteiger partial charge in [-0.1, -0.05) is 24.3 Å². The number of amides is 10. The highest BCUT2D eigenvalue weighted by Crippen LogP contribution is 2.26. The molecule has 10 amide bonds. The van der Waals surface area contributed by atoms with Gasteiger partial charge < -0.3 is 72.8 Å². The maximum Gasteiger partial charge on any atom is 0.320 e. The van der Waals surface area contributed by atoms with E-state index in [1.807, 2.05) is 9.80 Å². The molecule has 0 fully saturated rings. The third kappa shape index (κ3) is 13.6. The van der Waals surface area contributed by atoms with Crippen LogP contribution in [0.2, 0.25) is 0 Å². The van der Waals surface area contributed by atoms with Gasteiger partial charge in [0.2, 0.25) is 0 Å². The highest BCUT2D eigenvalue weighted by atomic mass is 16.3. The van der Waals surface area contributed by atoms with Gasteiger partial charge in [0.25, 0.3) is 47.3 Å². The minimum Gasteiger partial charge on any atom is -0.506 e. The third-order valence-corrected chi connectivity index (χ3v) is 12.9. The first-order valence-corrected chi connectivity index (χ1v) is 24.6. The van der Waals surface area contributed by atoms with Gasteiger partial charge in [-0.2, -0.15) is 0 Å². The first-order chi connectivity index (χ1) is 36.6. The second-order valence-electron chi connectivity index (χ2n) is 17.8. The minimum absolute atomic E-state index is 0.00521. The molecule has 0 unspecified atom stereocenters. The molecule has 0 aromatic heterocycles. The first-order valence-electron chi connectivity index (χ1n) is 24.6. The summed E-state index contributed by atoms with van der Waals surface area (Å²) in [5, 5.41) is 66.7. The Morgan fingerprint density at radius 2 is 0.434 bits per heavy atom. The molecule has 25 heteroatoms. The van der Waals surface area contributed by atoms with Crippen molar-refractivity contribution in [1.29, 1.82) is 0 Å². The standard InChI is InChI=1S/C51H60N12O13/c64-39-31-5-1-9-35(39)47(72)56-17-25-62-26-18-57-48(73)36-10-2-6-32(40(36)65)44(69)53-14-22-60(21-13-52-43(31)68)29-30-61-23-15-54-45(70)33-7-3-11-37(41(33)66)49(74)58-19-27-63(51(62)76)28-20-59-50(75)38-12-4-8-34(42(38)67)46(71)55-16-24-61/h1-12,64-67H,13-30H2,(H,52,68)(H,53,69)(H,54,70)(H,55,71)(H,56,72)(H,57,73)(H,58,74)(H,59,75). The third-order valence-electron chi connectivity index (χ3n) is 12.9. The molecule has 8 rings (SSSR count). The summed E-state index contributed by atoms with van der Waals surface area (Å²) in [6.45, 7) is -0.948. The lowest BCUT2D eigenvalue weighted by molar-refractivity contribution is 0.0915. The van der Waals surface area contributed by atoms with Crippen molar-refractivity contribution in [2.45, 2.75) is 0 Å². The monoisotopic (exact) mass is 1050 g/mol. The molecule has 0 atom stereocenters. The number of fused-ring (bicyclic) bond motifs is 15. The molecule has 4 heterocycles. The summed E-state index contributed by atoms with van der Waals surface area (Å²) in [5.41, 5.74) is -1.77. The molecule has 0 radical (unpaired) electrons. The fourth-order valence-corrected chi connectivity index (χ4v) is 8.69. The van der Waals surface area contributed by atoms with Crippen LogP contribution in [0.15, 0.2) is 72.8 Å². The summed E-state index contributed by atoms with van der Waals surface area (Å²) in [5.74, 6) is -8.40. The molecular formula is C51H60N12O13. The summed E-state index contributed by atoms with van der Waals surface area (Å²) in [6.07, 6.45) is 0. The van der Waals surface area contributed by atoms with E-state index >= 15 is 0 Å². The zero-order chi connectivity index (χ0) is 54.3. The van der Waals surface area contributed by atoms with Crippen molar-refractivity contribution < 1.29 is 63.6 Å². The zero-order valence-electron chi connectivity index (χ0n) is 41.4. The van der Waals surface area contributed by atoms with Gasteiger partial charge in [-0.25, -0.2) is 4.79 Å². The molecule has 12 bridgehead atoms. The average molecular weight is 1050 g/mol. The van der Waals surface area contributed by atoms with E-state index in [4.69, 9.17) is 0 Å². The molecule has 4 aromatic carbocycles. The lowest BCUT2D eigenvalue weighted by atomic mass is 10.1. The summed E-state index contributed by atoms with van der Waals surface area (Å²) in [6, 6.07) is 15.5. The van der Waals surface area contributed by atoms with E-state index in [0.717, 1.165) is 0 Å². The van der Waals surface area contributed by atoms with Crippen LogP contribution in [-0.4, -0.2) is 211 Å². The Kier molecular flexibility index (Phi) is 18.6. The molecule has 12 N–H and O–H groups in total. The molecule has 76 heavy (non-hydrogen) atoms. The fourth-order valence-electron chi connectivity index (χ4n) is 8.69. The number of rotatable bonds is 0. The smallest absolute Gasteiger partial charge is 0.320 e. The summed E-state index contributed by atoms with van der Waals surface area (Å²) in [7, 11) is 0. The number of benzene rings is 4. The average Bonchev–Trinajstić information content (AvgIpc) is 3.39. The Labute approximate surface area is 436 Å². The fraction of sp³-hybridized carbons (Fsp3) is 0.353. The van der Waals surface area contributed by atoms with Crippen molar-refractivity contribution in [2.75, 3.05) is 118 Å². The van der Waals surface area contributed by atoms with E-state index in [1.54, 1.807) is 0 Å². The van der Waals surface area contributed by atoms with Crippen LogP contribution in [0.25, 0.3) is 0 Å². The molecule has 4 aliphatic rings. The van der Waals surface area contributed by atoms with Crippen molar-refractivity contribution in [2.24, 2.45) is 0 Å². The molecule has 4 aliphatic heterocycles. The number of hydrogen-bond donors (Lipinski definition) is 12. The van der Waals surface area contributed by atoms with Gasteiger partial charge >= 0.3 is 6.03 Å². The SMILES string of the molecule is O=C1NCCN2CCNC(=O)c3cccc(c3O)C(=O)NCCN(CCNC(=O)c3cccc1c3O)C(=O)N1CCNC(=O)c3cccc(c3O)C(=O)NCCN(CCNC(=O)c3cccc(c3O)C(=O)NCC1)CC2. The van der Waals surface area contributed by atoms with Crippen LogP contribution in [0.3, 0.4) is 0 Å². The van der Waals surface area contributed by atoms with Gasteiger partial charge in [0.1, 0.15) is 23.0 Å². The van der Waals surface area contributed by atoms with Gasteiger partial charge in [0.05, 0.1) is 44.5 Å². The number of carbonyl (C=O) groups excluding carboxylic acids is 9. The van der Waals surface area contributed by atoms with Gasteiger partial charge in [-0.15, -0.1) is 0 Å². The van der Waals surface area contributed by atoms with Crippen LogP contribution in [-0.2, 0) is 0 Å². The van der Waals surface area contributed by atoms with E-state index in [9.17, 15) is 63.6 Å². The summed E-state index contributed by atoms with van der Waals surface area (Å²) >= 11 is 0. The number of phenolic OH excluding ortho intramolecular Hbond substituents is 4. The Balaban J connectivity index is 1.32. The predicted octanol–water partition coefficient (Wildman–Crippen LogP) is -1.18. The van der Waals surface area contributed by atoms with Crippen molar-refractivity contribution in [3.05, 3.63) is 117 Å². The van der Waals surface area contributed by atoms with Gasteiger partial charge in [0, 0.05) is 118 Å². The van der Waals surface area contributed by atoms with Crippen LogP contribution in [0.1, 0.15) is 82.9 Å². The number of nitrogens with one attached hydrogen (secondary N) is 8. The minimum atomic E-state index is -0.793. The Morgan fingerprint density at radius 3 is 0.618 bits per heavy atom. The maximum absolute atomic E-state index is 14.7. The van der Waals surface area contributed by atoms with E-state index < -0.39 is 76.3 Å². The van der Waals surface area contributed by atoms with E-state index in [1.165, 1.54) is 82.6 Å². The number of urea groups is 1. The van der Waals surface area contributed by atoms with Gasteiger partial charge in [-0.3, -0.25) is 48.2 Å². The van der Waals surface area contributed by atoms with Crippen LogP contribution in [0, 0.1) is 0 Å². The van der Waals surface area contributed by atoms with Crippen molar-refractivity contribution in [3.63, 3.8) is 0 Å². The lowest BCUT2D eigenvalue weighted by Crippen LogP contribution is -2.51. The number of nitrogens with zero attached hydrogens (tertiary/aromatic N) is 4. The number of phenols is 4. The van der Waals surface area contributed by atoms with Gasteiger partial charge in [0.15, 0.2) is 0 Å². The summed E-state index contributed by atoms with van der Waals surface area (Å²) < 4.78 is 0. The Bertz CT molecular complexity index is 2510. The highest BCUT2D eigenvalue weighted by molar-refractivity contribution is 6.06. The van der Waals surface area contributed by atoms with E-state index in [2.05, 4.69) is 42.5 Å². The lowest BCUT2D eigenvalue weighted by Gasteiger charge is -2.31. The Morgan fingerprint density at radius 1 is 0.263 bits per heavy atom. The van der Waals surface area contributed by atoms with Crippen molar-refractivity contribution in [1.82, 2.24) is 62.1 Å². The molecule has 4 aromatic rings. The molecule has 0 spiro atoms. The number of para-hydroxylation sites is 4. The van der Waals surface area contributed by atoms with E-state index in [0.29, 0.717) is 0 Å². The van der Waals surface area contributed by atoms with E-state index in [-0.39, 0.29) is 162 Å². The number of aromatic hydroxyl groups is 4. The maximum atomic E-state index is 14.7. The van der Waals surface area contributed by atoms with Crippen LogP contribution in [0.5, 0.6) is 23.0 Å². The molecule has 402 valence electrons. The zero-order valence-corrected chi connectivity index (χ0v) is 41.4. The van der Waals surface area contributed by atoms with Crippen molar-refractivity contribution in [3.8, 4) is 23.0 Å². The molecule has 0 saturated carbocycles. The van der Waals surface area contributed by atoms with Crippen LogP contribution < -0.4 is 42.5 Å². The second-order valence-corrected chi connectivity index (χ2v) is 17.8. The number of hydrogen-bond acceptors (Lipinski definition) is 15. The molecule has 25 nitrogen and oxygen atoms in total. The summed E-state index contributed by atoms with van der Waals surface area (Å²) in [4.78, 5) is 130. The Hall–Kier alpha value is -8.97. The molecule has 0 aliphatic carbocycles. The van der Waals surface area contributed by atoms with Crippen molar-refractivity contribution >= 4 is 53.3 Å². The second kappa shape index (κ2) is 25.8. The largest absolute Gasteiger partial charge is 0.506 e. The van der Waals surface area contributed by atoms with Crippen LogP contribution >= 0.6 is 0 Å². The predicted molar refractivity (Wildman–Crippen MR) is 273 cm³/mol. The van der Waals surface area contributed by atoms with Crippen LogP contribution in [0.4, 0.5) is 4.79 Å². The number of carbonyl (C=O) groups is 9.